The van der Waals surface area contributed by atoms with E-state index in [2.05, 4.69) is 0 Å². The molecule has 4 N–H and O–H groups in total. The Labute approximate surface area is 75.2 Å². The van der Waals surface area contributed by atoms with E-state index in [0.29, 0.717) is 0 Å². The molecule has 1 aromatic rings. The van der Waals surface area contributed by atoms with Crippen LogP contribution >= 0.6 is 0 Å². The topological polar surface area (TPSA) is 108 Å². The zero-order valence-corrected chi connectivity index (χ0v) is 7.71. The Balaban J connectivity index is 3.33. The monoisotopic (exact) mass is 203 g/mol. The van der Waals surface area contributed by atoms with Gasteiger partial charge in [-0.2, -0.15) is 0 Å². The normalized spacial score (nSPS) is 11.5. The van der Waals surface area contributed by atoms with E-state index >= 15 is 0 Å². The molecule has 0 aliphatic rings. The van der Waals surface area contributed by atoms with Crippen molar-refractivity contribution in [1.29, 1.82) is 0 Å². The molecule has 1 heterocycles. The number of amides is 1. The molecule has 7 heteroatoms. The fourth-order valence-electron chi connectivity index (χ4n) is 0.935. The maximum Gasteiger partial charge on any atom is 0.265 e. The van der Waals surface area contributed by atoms with Gasteiger partial charge in [-0.15, -0.1) is 0 Å². The number of carbonyl (C=O) groups is 1. The fourth-order valence-corrected chi connectivity index (χ4v) is 1.52. The summed E-state index contributed by atoms with van der Waals surface area (Å²) in [7, 11) is -2.26. The molecule has 0 unspecified atom stereocenters. The molecule has 72 valence electrons. The molecule has 13 heavy (non-hydrogen) atoms. The third-order valence-corrected chi connectivity index (χ3v) is 2.44. The number of primary sulfonamides is 1. The summed E-state index contributed by atoms with van der Waals surface area (Å²) in [6.07, 6.45) is 1.23. The highest BCUT2D eigenvalue weighted by atomic mass is 32.2. The Morgan fingerprint density at radius 1 is 1.54 bits per heavy atom. The van der Waals surface area contributed by atoms with Crippen molar-refractivity contribution < 1.29 is 13.2 Å². The van der Waals surface area contributed by atoms with Crippen LogP contribution in [0.4, 0.5) is 0 Å². The number of hydrogen-bond donors (Lipinski definition) is 2. The first-order chi connectivity index (χ1) is 5.82. The molecule has 0 saturated heterocycles. The second-order valence-electron chi connectivity index (χ2n) is 2.58. The van der Waals surface area contributed by atoms with Gasteiger partial charge in [0.25, 0.3) is 5.91 Å². The minimum atomic E-state index is -3.77. The van der Waals surface area contributed by atoms with Crippen molar-refractivity contribution in [2.45, 2.75) is 4.90 Å². The summed E-state index contributed by atoms with van der Waals surface area (Å²) in [5.41, 5.74) is 5.08. The molecule has 0 fully saturated rings. The van der Waals surface area contributed by atoms with Crippen LogP contribution in [0.15, 0.2) is 17.2 Å². The minimum absolute atomic E-state index is 0.101. The molecule has 0 spiro atoms. The average molecular weight is 203 g/mol. The summed E-state index contributed by atoms with van der Waals surface area (Å²) in [6, 6.07) is 1.14. The summed E-state index contributed by atoms with van der Waals surface area (Å²) in [5.74, 6) is -0.697. The molecule has 0 atom stereocenters. The number of aromatic nitrogens is 1. The zero-order chi connectivity index (χ0) is 10.2. The molecule has 0 aliphatic heterocycles. The molecule has 1 amide bonds. The SMILES string of the molecule is Cn1cc(S(N)(=O)=O)cc1C(N)=O. The third kappa shape index (κ3) is 1.87. The van der Waals surface area contributed by atoms with Gasteiger partial charge in [-0.1, -0.05) is 0 Å². The minimum Gasteiger partial charge on any atom is -0.364 e. The highest BCUT2D eigenvalue weighted by Crippen LogP contribution is 2.10. The van der Waals surface area contributed by atoms with Gasteiger partial charge in [0.05, 0.1) is 0 Å². The maximum absolute atomic E-state index is 10.8. The molecule has 6 nitrogen and oxygen atoms in total. The first kappa shape index (κ1) is 9.75. The van der Waals surface area contributed by atoms with Gasteiger partial charge in [0.15, 0.2) is 0 Å². The average Bonchev–Trinajstić information content (AvgIpc) is 2.29. The first-order valence-corrected chi connectivity index (χ1v) is 4.86. The lowest BCUT2D eigenvalue weighted by molar-refractivity contribution is 0.0992. The summed E-state index contributed by atoms with van der Waals surface area (Å²) < 4.78 is 23.0. The molecule has 1 aromatic heterocycles. The number of sulfonamides is 1. The van der Waals surface area contributed by atoms with Gasteiger partial charge in [-0.3, -0.25) is 4.79 Å². The lowest BCUT2D eigenvalue weighted by Crippen LogP contribution is -2.14. The van der Waals surface area contributed by atoms with Crippen LogP contribution in [0.1, 0.15) is 10.5 Å². The van der Waals surface area contributed by atoms with Crippen molar-refractivity contribution >= 4 is 15.9 Å². The molecule has 0 aliphatic carbocycles. The van der Waals surface area contributed by atoms with Crippen LogP contribution in [0.3, 0.4) is 0 Å². The van der Waals surface area contributed by atoms with Gasteiger partial charge in [-0.25, -0.2) is 13.6 Å². The quantitative estimate of drug-likeness (QED) is 0.628. The van der Waals surface area contributed by atoms with Gasteiger partial charge >= 0.3 is 0 Å². The Hall–Kier alpha value is -1.34. The van der Waals surface area contributed by atoms with Crippen molar-refractivity contribution in [2.24, 2.45) is 17.9 Å². The van der Waals surface area contributed by atoms with Crippen molar-refractivity contribution in [1.82, 2.24) is 4.57 Å². The Bertz CT molecular complexity index is 446. The lowest BCUT2D eigenvalue weighted by atomic mass is 10.4. The van der Waals surface area contributed by atoms with Crippen LogP contribution in [-0.2, 0) is 17.1 Å². The van der Waals surface area contributed by atoms with Crippen LogP contribution in [0.2, 0.25) is 0 Å². The van der Waals surface area contributed by atoms with Crippen molar-refractivity contribution in [2.75, 3.05) is 0 Å². The highest BCUT2D eigenvalue weighted by Gasteiger charge is 2.14. The summed E-state index contributed by atoms with van der Waals surface area (Å²) in [6.45, 7) is 0. The Morgan fingerprint density at radius 3 is 2.31 bits per heavy atom. The molecule has 0 saturated carbocycles. The highest BCUT2D eigenvalue weighted by molar-refractivity contribution is 7.89. The predicted octanol–water partition coefficient (Wildman–Crippen LogP) is -1.23. The number of nitrogens with two attached hydrogens (primary N) is 2. The van der Waals surface area contributed by atoms with E-state index in [9.17, 15) is 13.2 Å². The number of primary amides is 1. The second kappa shape index (κ2) is 2.86. The molecule has 0 radical (unpaired) electrons. The molecule has 0 bridgehead atoms. The van der Waals surface area contributed by atoms with E-state index < -0.39 is 15.9 Å². The standard InChI is InChI=1S/C6H9N3O3S/c1-9-3-4(13(8,11)12)2-5(9)6(7)10/h2-3H,1H3,(H2,7,10)(H2,8,11,12). The maximum atomic E-state index is 10.8. The van der Waals surface area contributed by atoms with Gasteiger partial charge in [0.1, 0.15) is 10.6 Å². The molecule has 1 rings (SSSR count). The van der Waals surface area contributed by atoms with Crippen LogP contribution < -0.4 is 10.9 Å². The Kier molecular flexibility index (Phi) is 2.14. The van der Waals surface area contributed by atoms with Gasteiger partial charge in [-0.05, 0) is 6.07 Å². The Morgan fingerprint density at radius 2 is 2.08 bits per heavy atom. The van der Waals surface area contributed by atoms with E-state index in [1.54, 1.807) is 0 Å². The third-order valence-electron chi connectivity index (χ3n) is 1.56. The smallest absolute Gasteiger partial charge is 0.265 e. The number of aryl methyl sites for hydroxylation is 1. The van der Waals surface area contributed by atoms with Crippen molar-refractivity contribution in [3.63, 3.8) is 0 Å². The first-order valence-electron chi connectivity index (χ1n) is 3.31. The van der Waals surface area contributed by atoms with E-state index in [0.717, 1.165) is 6.07 Å². The number of nitrogens with zero attached hydrogens (tertiary/aromatic N) is 1. The predicted molar refractivity (Wildman–Crippen MR) is 45.3 cm³/mol. The van der Waals surface area contributed by atoms with Crippen LogP contribution in [-0.4, -0.2) is 18.9 Å². The van der Waals surface area contributed by atoms with Crippen LogP contribution in [0.25, 0.3) is 0 Å². The van der Waals surface area contributed by atoms with E-state index in [1.807, 2.05) is 0 Å². The summed E-state index contributed by atoms with van der Waals surface area (Å²) in [5, 5.41) is 4.85. The number of rotatable bonds is 2. The fraction of sp³-hybridized carbons (Fsp3) is 0.167. The van der Waals surface area contributed by atoms with E-state index in [-0.39, 0.29) is 10.6 Å². The van der Waals surface area contributed by atoms with E-state index in [4.69, 9.17) is 10.9 Å². The lowest BCUT2D eigenvalue weighted by Gasteiger charge is -1.94. The number of hydrogen-bond acceptors (Lipinski definition) is 3. The molecular weight excluding hydrogens is 194 g/mol. The largest absolute Gasteiger partial charge is 0.364 e. The van der Waals surface area contributed by atoms with Crippen molar-refractivity contribution in [3.05, 3.63) is 18.0 Å². The summed E-state index contributed by atoms with van der Waals surface area (Å²) >= 11 is 0. The number of carbonyl (C=O) groups excluding carboxylic acids is 1. The molecule has 0 aromatic carbocycles. The second-order valence-corrected chi connectivity index (χ2v) is 4.14. The summed E-state index contributed by atoms with van der Waals surface area (Å²) in [4.78, 5) is 10.6. The van der Waals surface area contributed by atoms with Gasteiger partial charge in [0.2, 0.25) is 10.0 Å². The van der Waals surface area contributed by atoms with Gasteiger partial charge in [0, 0.05) is 13.2 Å². The van der Waals surface area contributed by atoms with Crippen LogP contribution in [0, 0.1) is 0 Å². The molecular formula is C6H9N3O3S. The van der Waals surface area contributed by atoms with Crippen molar-refractivity contribution in [3.8, 4) is 0 Å². The zero-order valence-electron chi connectivity index (χ0n) is 6.89. The van der Waals surface area contributed by atoms with Gasteiger partial charge < -0.3 is 10.3 Å². The van der Waals surface area contributed by atoms with Crippen LogP contribution in [0.5, 0.6) is 0 Å². The van der Waals surface area contributed by atoms with E-state index in [1.165, 1.54) is 17.8 Å².